The van der Waals surface area contributed by atoms with Gasteiger partial charge in [0.1, 0.15) is 23.2 Å². The van der Waals surface area contributed by atoms with Crippen LogP contribution in [0.3, 0.4) is 0 Å². The SMILES string of the molecule is CCC(C#N)C(=O)Nc1c(F)cccc1F. The maximum Gasteiger partial charge on any atom is 0.241 e. The minimum Gasteiger partial charge on any atom is -0.320 e. The number of hydrogen-bond donors (Lipinski definition) is 1. The molecule has 1 aromatic rings. The van der Waals surface area contributed by atoms with Crippen LogP contribution < -0.4 is 5.32 Å². The Kier molecular flexibility index (Phi) is 3.95. The van der Waals surface area contributed by atoms with Crippen LogP contribution in [0.1, 0.15) is 13.3 Å². The fraction of sp³-hybridized carbons (Fsp3) is 0.273. The van der Waals surface area contributed by atoms with E-state index in [4.69, 9.17) is 5.26 Å². The quantitative estimate of drug-likeness (QED) is 0.857. The van der Waals surface area contributed by atoms with Gasteiger partial charge in [0.15, 0.2) is 0 Å². The van der Waals surface area contributed by atoms with Crippen molar-refractivity contribution in [3.63, 3.8) is 0 Å². The molecular formula is C11H10F2N2O. The summed E-state index contributed by atoms with van der Waals surface area (Å²) in [5.74, 6) is -3.32. The molecular weight excluding hydrogens is 214 g/mol. The summed E-state index contributed by atoms with van der Waals surface area (Å²) < 4.78 is 26.3. The zero-order valence-corrected chi connectivity index (χ0v) is 8.63. The van der Waals surface area contributed by atoms with Crippen molar-refractivity contribution in [1.29, 1.82) is 5.26 Å². The van der Waals surface area contributed by atoms with E-state index in [2.05, 4.69) is 5.32 Å². The second-order valence-corrected chi connectivity index (χ2v) is 3.18. The van der Waals surface area contributed by atoms with E-state index in [1.165, 1.54) is 6.07 Å². The number of nitrogens with zero attached hydrogens (tertiary/aromatic N) is 1. The standard InChI is InChI=1S/C11H10F2N2O/c1-2-7(6-14)11(16)15-10-8(12)4-3-5-9(10)13/h3-5,7H,2H2,1H3,(H,15,16). The number of nitrogens with one attached hydrogen (secondary N) is 1. The Morgan fingerprint density at radius 3 is 2.50 bits per heavy atom. The van der Waals surface area contributed by atoms with Crippen LogP contribution in [0.25, 0.3) is 0 Å². The Morgan fingerprint density at radius 2 is 2.06 bits per heavy atom. The van der Waals surface area contributed by atoms with E-state index in [0.717, 1.165) is 12.1 Å². The van der Waals surface area contributed by atoms with Gasteiger partial charge >= 0.3 is 0 Å². The van der Waals surface area contributed by atoms with E-state index in [9.17, 15) is 13.6 Å². The third-order valence-corrected chi connectivity index (χ3v) is 2.09. The first-order valence-corrected chi connectivity index (χ1v) is 4.74. The van der Waals surface area contributed by atoms with Crippen molar-refractivity contribution in [2.75, 3.05) is 5.32 Å². The molecule has 0 aliphatic carbocycles. The van der Waals surface area contributed by atoms with E-state index in [1.54, 1.807) is 13.0 Å². The van der Waals surface area contributed by atoms with Gasteiger partial charge in [0.25, 0.3) is 0 Å². The molecule has 84 valence electrons. The summed E-state index contributed by atoms with van der Waals surface area (Å²) in [4.78, 5) is 11.4. The van der Waals surface area contributed by atoms with Gasteiger partial charge in [0, 0.05) is 0 Å². The highest BCUT2D eigenvalue weighted by Crippen LogP contribution is 2.19. The van der Waals surface area contributed by atoms with Gasteiger partial charge in [0.05, 0.1) is 6.07 Å². The molecule has 0 radical (unpaired) electrons. The van der Waals surface area contributed by atoms with Crippen LogP contribution in [0.4, 0.5) is 14.5 Å². The maximum absolute atomic E-state index is 13.1. The first-order chi connectivity index (χ1) is 7.60. The normalized spacial score (nSPS) is 11.6. The Hall–Kier alpha value is -1.96. The van der Waals surface area contributed by atoms with E-state index < -0.39 is 29.1 Å². The van der Waals surface area contributed by atoms with Gasteiger partial charge in [0.2, 0.25) is 5.91 Å². The molecule has 5 heteroatoms. The van der Waals surface area contributed by atoms with Gasteiger partial charge in [-0.1, -0.05) is 13.0 Å². The van der Waals surface area contributed by atoms with Crippen molar-refractivity contribution in [2.45, 2.75) is 13.3 Å². The third kappa shape index (κ3) is 2.54. The smallest absolute Gasteiger partial charge is 0.241 e. The first kappa shape index (κ1) is 12.1. The molecule has 0 aliphatic heterocycles. The van der Waals surface area contributed by atoms with Crippen LogP contribution in [0.15, 0.2) is 18.2 Å². The molecule has 0 aliphatic rings. The molecule has 0 heterocycles. The Labute approximate surface area is 91.7 Å². The molecule has 3 nitrogen and oxygen atoms in total. The van der Waals surface area contributed by atoms with Gasteiger partial charge in [-0.15, -0.1) is 0 Å². The largest absolute Gasteiger partial charge is 0.320 e. The molecule has 1 aromatic carbocycles. The number of amides is 1. The summed E-state index contributed by atoms with van der Waals surface area (Å²) >= 11 is 0. The first-order valence-electron chi connectivity index (χ1n) is 4.74. The van der Waals surface area contributed by atoms with E-state index >= 15 is 0 Å². The van der Waals surface area contributed by atoms with Gasteiger partial charge in [-0.2, -0.15) is 5.26 Å². The van der Waals surface area contributed by atoms with Crippen molar-refractivity contribution in [2.24, 2.45) is 5.92 Å². The highest BCUT2D eigenvalue weighted by atomic mass is 19.1. The van der Waals surface area contributed by atoms with Crippen molar-refractivity contribution < 1.29 is 13.6 Å². The predicted molar refractivity (Wildman–Crippen MR) is 54.4 cm³/mol. The zero-order valence-electron chi connectivity index (χ0n) is 8.63. The summed E-state index contributed by atoms with van der Waals surface area (Å²) in [6.07, 6.45) is 0.290. The number of halogens is 2. The minimum absolute atomic E-state index is 0.290. The van der Waals surface area contributed by atoms with E-state index in [-0.39, 0.29) is 0 Å². The number of nitriles is 1. The Bertz CT molecular complexity index is 420. The lowest BCUT2D eigenvalue weighted by Crippen LogP contribution is -2.22. The fourth-order valence-electron chi connectivity index (χ4n) is 1.16. The predicted octanol–water partition coefficient (Wildman–Crippen LogP) is 2.45. The number of hydrogen-bond acceptors (Lipinski definition) is 2. The highest BCUT2D eigenvalue weighted by molar-refractivity contribution is 5.94. The minimum atomic E-state index is -0.904. The highest BCUT2D eigenvalue weighted by Gasteiger charge is 2.18. The average Bonchev–Trinajstić information content (AvgIpc) is 2.25. The maximum atomic E-state index is 13.1. The topological polar surface area (TPSA) is 52.9 Å². The Balaban J connectivity index is 2.89. The van der Waals surface area contributed by atoms with Crippen molar-refractivity contribution in [1.82, 2.24) is 0 Å². The molecule has 0 fully saturated rings. The van der Waals surface area contributed by atoms with E-state index in [1.807, 2.05) is 0 Å². The fourth-order valence-corrected chi connectivity index (χ4v) is 1.16. The third-order valence-electron chi connectivity index (χ3n) is 2.09. The van der Waals surface area contributed by atoms with Crippen LogP contribution in [-0.2, 0) is 4.79 Å². The summed E-state index contributed by atoms with van der Waals surface area (Å²) in [7, 11) is 0. The molecule has 1 amide bonds. The van der Waals surface area contributed by atoms with Crippen LogP contribution in [0.2, 0.25) is 0 Å². The molecule has 16 heavy (non-hydrogen) atoms. The lowest BCUT2D eigenvalue weighted by atomic mass is 10.1. The monoisotopic (exact) mass is 224 g/mol. The number of carbonyl (C=O) groups is 1. The second-order valence-electron chi connectivity index (χ2n) is 3.18. The van der Waals surface area contributed by atoms with Crippen LogP contribution in [-0.4, -0.2) is 5.91 Å². The average molecular weight is 224 g/mol. The molecule has 0 bridgehead atoms. The molecule has 1 atom stereocenters. The second kappa shape index (κ2) is 5.21. The van der Waals surface area contributed by atoms with Crippen LogP contribution in [0.5, 0.6) is 0 Å². The number of para-hydroxylation sites is 1. The van der Waals surface area contributed by atoms with Crippen LogP contribution >= 0.6 is 0 Å². The Morgan fingerprint density at radius 1 is 1.50 bits per heavy atom. The zero-order chi connectivity index (χ0) is 12.1. The van der Waals surface area contributed by atoms with Crippen molar-refractivity contribution in [3.8, 4) is 6.07 Å². The molecule has 0 saturated carbocycles. The molecule has 0 spiro atoms. The number of anilines is 1. The molecule has 0 aromatic heterocycles. The van der Waals surface area contributed by atoms with Crippen molar-refractivity contribution in [3.05, 3.63) is 29.8 Å². The lowest BCUT2D eigenvalue weighted by Gasteiger charge is -2.09. The molecule has 1 rings (SSSR count). The van der Waals surface area contributed by atoms with Gasteiger partial charge in [-0.25, -0.2) is 8.78 Å². The summed E-state index contributed by atoms with van der Waals surface area (Å²) in [5.41, 5.74) is -0.513. The summed E-state index contributed by atoms with van der Waals surface area (Å²) in [6.45, 7) is 1.64. The van der Waals surface area contributed by atoms with Crippen LogP contribution in [0, 0.1) is 28.9 Å². The number of benzene rings is 1. The van der Waals surface area contributed by atoms with Crippen molar-refractivity contribution >= 4 is 11.6 Å². The summed E-state index contributed by atoms with van der Waals surface area (Å²) in [5, 5.41) is 10.7. The number of carbonyl (C=O) groups excluding carboxylic acids is 1. The van der Waals surface area contributed by atoms with Gasteiger partial charge < -0.3 is 5.32 Å². The summed E-state index contributed by atoms with van der Waals surface area (Å²) in [6, 6.07) is 5.02. The molecule has 0 saturated heterocycles. The van der Waals surface area contributed by atoms with Gasteiger partial charge in [-0.05, 0) is 18.6 Å². The molecule has 1 N–H and O–H groups in total. The van der Waals surface area contributed by atoms with E-state index in [0.29, 0.717) is 6.42 Å². The number of rotatable bonds is 3. The molecule has 1 unspecified atom stereocenters. The van der Waals surface area contributed by atoms with Gasteiger partial charge in [-0.3, -0.25) is 4.79 Å². The lowest BCUT2D eigenvalue weighted by molar-refractivity contribution is -0.118.